The van der Waals surface area contributed by atoms with Crippen LogP contribution in [0.25, 0.3) is 11.7 Å². The maximum atomic E-state index is 13.6. The van der Waals surface area contributed by atoms with E-state index in [1.165, 1.54) is 21.7 Å². The van der Waals surface area contributed by atoms with Crippen LogP contribution in [0.4, 0.5) is 5.82 Å². The quantitative estimate of drug-likeness (QED) is 0.362. The molecule has 0 bridgehead atoms. The van der Waals surface area contributed by atoms with Gasteiger partial charge in [0.2, 0.25) is 0 Å². The minimum Gasteiger partial charge on any atom is -0.353 e. The van der Waals surface area contributed by atoms with Gasteiger partial charge in [0.1, 0.15) is 15.8 Å². The standard InChI is InChI=1S/C27H29N5O2S2/c1-19(2)17-32-26(34)22(36-27(32)35)16-21-24(28-23-10-6-7-11-31(23)25(21)33)30-14-12-29(13-15-30)18-20-8-4-3-5-9-20/h3-11,16,19H,12-15,17-18H2,1-2H3/b22-16-. The SMILES string of the molecule is CC(C)CN1C(=O)/C(=C/c2c(N3CCN(Cc4ccccc4)CC3)nc3ccccn3c2=O)SC1=S. The Hall–Kier alpha value is -3.01. The average molecular weight is 520 g/mol. The molecule has 3 aromatic rings. The van der Waals surface area contributed by atoms with E-state index in [0.29, 0.717) is 38.7 Å². The van der Waals surface area contributed by atoms with Gasteiger partial charge < -0.3 is 4.90 Å². The van der Waals surface area contributed by atoms with Gasteiger partial charge in [0.25, 0.3) is 11.5 Å². The van der Waals surface area contributed by atoms with Crippen LogP contribution in [0.3, 0.4) is 0 Å². The number of benzene rings is 1. The number of hydrogen-bond donors (Lipinski definition) is 0. The number of nitrogens with zero attached hydrogens (tertiary/aromatic N) is 5. The first-order valence-corrected chi connectivity index (χ1v) is 13.4. The highest BCUT2D eigenvalue weighted by Crippen LogP contribution is 2.34. The zero-order valence-corrected chi connectivity index (χ0v) is 22.1. The highest BCUT2D eigenvalue weighted by molar-refractivity contribution is 8.26. The summed E-state index contributed by atoms with van der Waals surface area (Å²) in [6.45, 7) is 8.78. The van der Waals surface area contributed by atoms with Gasteiger partial charge in [-0.3, -0.25) is 23.8 Å². The van der Waals surface area contributed by atoms with Crippen molar-refractivity contribution in [2.24, 2.45) is 5.92 Å². The third-order valence-electron chi connectivity index (χ3n) is 6.37. The minimum atomic E-state index is -0.184. The normalized spacial score (nSPS) is 18.2. The molecule has 0 unspecified atom stereocenters. The molecule has 7 nitrogen and oxygen atoms in total. The third kappa shape index (κ3) is 5.09. The smallest absolute Gasteiger partial charge is 0.267 e. The highest BCUT2D eigenvalue weighted by Gasteiger charge is 2.33. The molecular formula is C27H29N5O2S2. The summed E-state index contributed by atoms with van der Waals surface area (Å²) in [6, 6.07) is 16.0. The molecule has 0 N–H and O–H groups in total. The monoisotopic (exact) mass is 519 g/mol. The fourth-order valence-electron chi connectivity index (χ4n) is 4.57. The van der Waals surface area contributed by atoms with Crippen molar-refractivity contribution in [1.29, 1.82) is 0 Å². The van der Waals surface area contributed by atoms with Crippen LogP contribution in [0.2, 0.25) is 0 Å². The largest absolute Gasteiger partial charge is 0.353 e. The van der Waals surface area contributed by atoms with Crippen molar-refractivity contribution >= 4 is 51.7 Å². The molecule has 0 atom stereocenters. The van der Waals surface area contributed by atoms with Crippen molar-refractivity contribution in [3.63, 3.8) is 0 Å². The molecule has 5 rings (SSSR count). The molecule has 0 saturated carbocycles. The molecule has 1 amide bonds. The molecule has 186 valence electrons. The number of carbonyl (C=O) groups is 1. The van der Waals surface area contributed by atoms with Gasteiger partial charge in [-0.2, -0.15) is 0 Å². The molecule has 9 heteroatoms. The lowest BCUT2D eigenvalue weighted by Crippen LogP contribution is -2.47. The van der Waals surface area contributed by atoms with Crippen LogP contribution in [-0.4, -0.2) is 62.1 Å². The molecule has 1 aromatic carbocycles. The first-order chi connectivity index (χ1) is 17.4. The number of aromatic nitrogens is 2. The molecular weight excluding hydrogens is 490 g/mol. The summed E-state index contributed by atoms with van der Waals surface area (Å²) >= 11 is 6.73. The lowest BCUT2D eigenvalue weighted by atomic mass is 10.1. The van der Waals surface area contributed by atoms with Gasteiger partial charge in [0, 0.05) is 45.5 Å². The average Bonchev–Trinajstić information content (AvgIpc) is 3.14. The number of fused-ring (bicyclic) bond motifs is 1. The third-order valence-corrected chi connectivity index (χ3v) is 7.74. The number of carbonyl (C=O) groups excluding carboxylic acids is 1. The van der Waals surface area contributed by atoms with Crippen molar-refractivity contribution in [3.05, 3.63) is 81.1 Å². The number of anilines is 1. The predicted molar refractivity (Wildman–Crippen MR) is 150 cm³/mol. The van der Waals surface area contributed by atoms with E-state index in [2.05, 4.69) is 47.9 Å². The summed E-state index contributed by atoms with van der Waals surface area (Å²) in [4.78, 5) is 38.3. The molecule has 0 aliphatic carbocycles. The molecule has 4 heterocycles. The molecule has 0 spiro atoms. The Morgan fingerprint density at radius 1 is 1.03 bits per heavy atom. The second kappa shape index (κ2) is 10.5. The molecule has 2 aliphatic heterocycles. The highest BCUT2D eigenvalue weighted by atomic mass is 32.2. The first-order valence-electron chi connectivity index (χ1n) is 12.2. The van der Waals surface area contributed by atoms with E-state index < -0.39 is 0 Å². The van der Waals surface area contributed by atoms with Gasteiger partial charge in [-0.05, 0) is 29.7 Å². The van der Waals surface area contributed by atoms with E-state index in [4.69, 9.17) is 17.2 Å². The number of amides is 1. The van der Waals surface area contributed by atoms with Crippen LogP contribution in [0.5, 0.6) is 0 Å². The van der Waals surface area contributed by atoms with E-state index in [-0.39, 0.29) is 11.5 Å². The van der Waals surface area contributed by atoms with E-state index in [1.54, 1.807) is 17.2 Å². The van der Waals surface area contributed by atoms with Gasteiger partial charge in [0.05, 0.1) is 10.5 Å². The van der Waals surface area contributed by atoms with Crippen LogP contribution in [0, 0.1) is 5.92 Å². The summed E-state index contributed by atoms with van der Waals surface area (Å²) in [5.41, 5.74) is 2.13. The Morgan fingerprint density at radius 2 is 1.75 bits per heavy atom. The van der Waals surface area contributed by atoms with Crippen molar-refractivity contribution in [2.75, 3.05) is 37.6 Å². The van der Waals surface area contributed by atoms with Gasteiger partial charge in [-0.15, -0.1) is 0 Å². The topological polar surface area (TPSA) is 61.2 Å². The molecule has 2 saturated heterocycles. The number of pyridine rings is 1. The molecule has 2 aromatic heterocycles. The minimum absolute atomic E-state index is 0.144. The van der Waals surface area contributed by atoms with E-state index in [0.717, 1.165) is 32.7 Å². The van der Waals surface area contributed by atoms with Crippen LogP contribution < -0.4 is 10.5 Å². The lowest BCUT2D eigenvalue weighted by molar-refractivity contribution is -0.122. The number of thioether (sulfide) groups is 1. The fraction of sp³-hybridized carbons (Fsp3) is 0.333. The number of hydrogen-bond acceptors (Lipinski definition) is 7. The van der Waals surface area contributed by atoms with Gasteiger partial charge >= 0.3 is 0 Å². The summed E-state index contributed by atoms with van der Waals surface area (Å²) in [7, 11) is 0. The van der Waals surface area contributed by atoms with Crippen molar-refractivity contribution < 1.29 is 4.79 Å². The van der Waals surface area contributed by atoms with Crippen LogP contribution in [0.1, 0.15) is 25.0 Å². The second-order valence-electron chi connectivity index (χ2n) is 9.52. The van der Waals surface area contributed by atoms with Gasteiger partial charge in [0.15, 0.2) is 0 Å². The van der Waals surface area contributed by atoms with Gasteiger partial charge in [-0.1, -0.05) is 74.2 Å². The van der Waals surface area contributed by atoms with Gasteiger partial charge in [-0.25, -0.2) is 4.98 Å². The Morgan fingerprint density at radius 3 is 2.47 bits per heavy atom. The zero-order valence-electron chi connectivity index (χ0n) is 20.5. The first kappa shape index (κ1) is 24.7. The summed E-state index contributed by atoms with van der Waals surface area (Å²) in [5.74, 6) is 0.775. The summed E-state index contributed by atoms with van der Waals surface area (Å²) < 4.78 is 2.07. The Kier molecular flexibility index (Phi) is 7.22. The lowest BCUT2D eigenvalue weighted by Gasteiger charge is -2.36. The fourth-order valence-corrected chi connectivity index (χ4v) is 5.83. The van der Waals surface area contributed by atoms with Crippen LogP contribution in [-0.2, 0) is 11.3 Å². The maximum absolute atomic E-state index is 13.6. The molecule has 2 fully saturated rings. The number of rotatable bonds is 6. The van der Waals surface area contributed by atoms with Crippen LogP contribution in [0.15, 0.2) is 64.4 Å². The Bertz CT molecular complexity index is 1380. The Labute approximate surface area is 220 Å². The van der Waals surface area contributed by atoms with Crippen LogP contribution >= 0.6 is 24.0 Å². The van der Waals surface area contributed by atoms with Crippen molar-refractivity contribution in [1.82, 2.24) is 19.2 Å². The summed E-state index contributed by atoms with van der Waals surface area (Å²) in [5, 5.41) is 0. The van der Waals surface area contributed by atoms with Crippen molar-refractivity contribution in [3.8, 4) is 0 Å². The maximum Gasteiger partial charge on any atom is 0.267 e. The number of piperazine rings is 1. The molecule has 2 aliphatic rings. The summed E-state index contributed by atoms with van der Waals surface area (Å²) in [6.07, 6.45) is 3.41. The number of thiocarbonyl (C=S) groups is 1. The van der Waals surface area contributed by atoms with E-state index in [1.807, 2.05) is 24.3 Å². The molecule has 36 heavy (non-hydrogen) atoms. The predicted octanol–water partition coefficient (Wildman–Crippen LogP) is 3.87. The molecule has 0 radical (unpaired) electrons. The van der Waals surface area contributed by atoms with E-state index >= 15 is 0 Å². The van der Waals surface area contributed by atoms with Crippen molar-refractivity contribution in [2.45, 2.75) is 20.4 Å². The Balaban J connectivity index is 1.46. The second-order valence-corrected chi connectivity index (χ2v) is 11.2. The van der Waals surface area contributed by atoms with E-state index in [9.17, 15) is 9.59 Å². The zero-order chi connectivity index (χ0) is 25.2.